The number of hydrogen-bond acceptors (Lipinski definition) is 10. The fourth-order valence-electron chi connectivity index (χ4n) is 5.89. The molecule has 6 rings (SSSR count). The van der Waals surface area contributed by atoms with Crippen LogP contribution in [0.4, 0.5) is 10.3 Å². The van der Waals surface area contributed by atoms with Gasteiger partial charge in [-0.1, -0.05) is 6.08 Å². The lowest BCUT2D eigenvalue weighted by Crippen LogP contribution is -2.56. The summed E-state index contributed by atoms with van der Waals surface area (Å²) in [5.74, 6) is 2.16. The van der Waals surface area contributed by atoms with Gasteiger partial charge in [-0.25, -0.2) is 14.4 Å². The highest BCUT2D eigenvalue weighted by Crippen LogP contribution is 2.35. The van der Waals surface area contributed by atoms with Gasteiger partial charge >= 0.3 is 0 Å². The van der Waals surface area contributed by atoms with Crippen molar-refractivity contribution in [3.05, 3.63) is 59.6 Å². The van der Waals surface area contributed by atoms with Crippen LogP contribution in [0.2, 0.25) is 0 Å². The first kappa shape index (κ1) is 27.4. The average molecular weight is 562 g/mol. The Bertz CT molecular complexity index is 1340. The van der Waals surface area contributed by atoms with Gasteiger partial charge in [0.15, 0.2) is 5.88 Å². The van der Waals surface area contributed by atoms with E-state index in [0.29, 0.717) is 55.1 Å². The van der Waals surface area contributed by atoms with Gasteiger partial charge in [-0.2, -0.15) is 5.26 Å². The highest BCUT2D eigenvalue weighted by Gasteiger charge is 2.38. The van der Waals surface area contributed by atoms with Gasteiger partial charge in [0.25, 0.3) is 0 Å². The molecule has 0 radical (unpaired) electrons. The minimum absolute atomic E-state index is 0.182. The number of benzene rings is 1. The molecule has 11 heteroatoms. The van der Waals surface area contributed by atoms with E-state index in [0.717, 1.165) is 37.4 Å². The first-order valence-electron chi connectivity index (χ1n) is 14.3. The number of piperidine rings is 2. The molecule has 4 aliphatic heterocycles. The highest BCUT2D eigenvalue weighted by atomic mass is 19.1. The molecule has 0 spiro atoms. The quantitative estimate of drug-likeness (QED) is 0.444. The molecule has 0 amide bonds. The Morgan fingerprint density at radius 1 is 1.15 bits per heavy atom. The summed E-state index contributed by atoms with van der Waals surface area (Å²) in [6.45, 7) is 4.20. The van der Waals surface area contributed by atoms with E-state index < -0.39 is 12.3 Å². The van der Waals surface area contributed by atoms with Crippen molar-refractivity contribution in [1.29, 1.82) is 5.26 Å². The van der Waals surface area contributed by atoms with E-state index in [1.165, 1.54) is 5.57 Å². The van der Waals surface area contributed by atoms with Crippen LogP contribution in [0.5, 0.6) is 5.75 Å². The second-order valence-corrected chi connectivity index (χ2v) is 10.8. The fraction of sp³-hybridized carbons (Fsp3) is 0.500. The number of nitriles is 1. The number of hydrogen-bond donors (Lipinski definition) is 3. The second kappa shape index (κ2) is 12.4. The minimum atomic E-state index is -1.12. The zero-order chi connectivity index (χ0) is 28.2. The topological polar surface area (TPSA) is 117 Å². The van der Waals surface area contributed by atoms with E-state index in [9.17, 15) is 9.65 Å². The number of anilines is 1. The van der Waals surface area contributed by atoms with Crippen LogP contribution < -0.4 is 20.7 Å². The summed E-state index contributed by atoms with van der Waals surface area (Å²) in [5.41, 5.74) is 2.97. The Kier molecular flexibility index (Phi) is 8.32. The van der Waals surface area contributed by atoms with Crippen molar-refractivity contribution >= 4 is 5.95 Å². The van der Waals surface area contributed by atoms with E-state index >= 15 is 0 Å². The van der Waals surface area contributed by atoms with Crippen molar-refractivity contribution in [2.45, 2.75) is 43.7 Å². The van der Waals surface area contributed by atoms with Crippen molar-refractivity contribution in [1.82, 2.24) is 25.5 Å². The molecule has 2 aromatic rings. The summed E-state index contributed by atoms with van der Waals surface area (Å²) in [7, 11) is 1.73. The second-order valence-electron chi connectivity index (χ2n) is 10.8. The summed E-state index contributed by atoms with van der Waals surface area (Å²) in [5, 5.41) is 19.7. The molecule has 1 aromatic heterocycles. The summed E-state index contributed by atoms with van der Waals surface area (Å²) in [6.07, 6.45) is 6.81. The van der Waals surface area contributed by atoms with Gasteiger partial charge in [0, 0.05) is 23.9 Å². The number of nitrogens with one attached hydrogen (secondary N) is 3. The Labute approximate surface area is 239 Å². The van der Waals surface area contributed by atoms with E-state index in [2.05, 4.69) is 44.1 Å². The standard InChI is InChI=1S/C30H36FN7O3/c1-39-29-23(19-6-10-33-11-7-19)3-5-28(38(29)22-17-40-18-22)37-30-35-13-8-25(36-30)20-2-4-26(21(14-20)15-32)41-27-9-12-34-16-24(27)31/h2-5,8,13-14,19,22,24,27-28,33-34H,6-7,9-12,16-18H2,1H3,(H,35,36,37)/t24-,27-,28?/m0/s1. The molecule has 10 nitrogen and oxygen atoms in total. The Hall–Kier alpha value is -3.72. The number of alkyl halides is 1. The van der Waals surface area contributed by atoms with Crippen molar-refractivity contribution in [2.24, 2.45) is 5.92 Å². The smallest absolute Gasteiger partial charge is 0.225 e. The molecule has 4 aliphatic rings. The van der Waals surface area contributed by atoms with Crippen LogP contribution in [0.1, 0.15) is 24.8 Å². The Morgan fingerprint density at radius 2 is 1.98 bits per heavy atom. The fourth-order valence-corrected chi connectivity index (χ4v) is 5.89. The summed E-state index contributed by atoms with van der Waals surface area (Å²) in [4.78, 5) is 11.5. The lowest BCUT2D eigenvalue weighted by molar-refractivity contribution is -0.0776. The maximum Gasteiger partial charge on any atom is 0.225 e. The van der Waals surface area contributed by atoms with E-state index in [-0.39, 0.29) is 18.8 Å². The number of nitrogens with zero attached hydrogens (tertiary/aromatic N) is 4. The van der Waals surface area contributed by atoms with Crippen molar-refractivity contribution in [3.63, 3.8) is 0 Å². The van der Waals surface area contributed by atoms with Crippen LogP contribution in [0.3, 0.4) is 0 Å². The summed E-state index contributed by atoms with van der Waals surface area (Å²) >= 11 is 0. The van der Waals surface area contributed by atoms with Gasteiger partial charge in [0.05, 0.1) is 37.6 Å². The number of aromatic nitrogens is 2. The molecule has 3 N–H and O–H groups in total. The predicted octanol–water partition coefficient (Wildman–Crippen LogP) is 2.96. The van der Waals surface area contributed by atoms with Gasteiger partial charge in [-0.05, 0) is 75.2 Å². The number of allylic oxidation sites excluding steroid dienone is 2. The molecule has 216 valence electrons. The molecular formula is C30H36FN7O3. The van der Waals surface area contributed by atoms with Crippen LogP contribution in [-0.4, -0.2) is 85.9 Å². The highest BCUT2D eigenvalue weighted by molar-refractivity contribution is 5.65. The number of ether oxygens (including phenoxy) is 3. The lowest BCUT2D eigenvalue weighted by atomic mass is 9.88. The van der Waals surface area contributed by atoms with E-state index in [4.69, 9.17) is 19.2 Å². The largest absolute Gasteiger partial charge is 0.486 e. The monoisotopic (exact) mass is 561 g/mol. The van der Waals surface area contributed by atoms with Gasteiger partial charge in [-0.15, -0.1) is 0 Å². The first-order valence-corrected chi connectivity index (χ1v) is 14.3. The number of methoxy groups -OCH3 is 1. The third kappa shape index (κ3) is 5.86. The van der Waals surface area contributed by atoms with Gasteiger partial charge in [-0.3, -0.25) is 0 Å². The van der Waals surface area contributed by atoms with Gasteiger partial charge in [0.2, 0.25) is 5.95 Å². The molecule has 1 unspecified atom stereocenters. The average Bonchev–Trinajstić information content (AvgIpc) is 2.99. The minimum Gasteiger partial charge on any atom is -0.486 e. The molecular weight excluding hydrogens is 525 g/mol. The summed E-state index contributed by atoms with van der Waals surface area (Å²) in [6, 6.07) is 9.46. The maximum absolute atomic E-state index is 14.3. The molecule has 0 saturated carbocycles. The van der Waals surface area contributed by atoms with Crippen LogP contribution in [-0.2, 0) is 9.47 Å². The first-order chi connectivity index (χ1) is 20.1. The Morgan fingerprint density at radius 3 is 2.71 bits per heavy atom. The molecule has 0 aliphatic carbocycles. The van der Waals surface area contributed by atoms with Crippen molar-refractivity contribution in [2.75, 3.05) is 51.8 Å². The number of rotatable bonds is 8. The van der Waals surface area contributed by atoms with Crippen LogP contribution in [0, 0.1) is 17.2 Å². The number of halogens is 1. The molecule has 3 saturated heterocycles. The molecule has 3 fully saturated rings. The Balaban J connectivity index is 1.22. The molecule has 5 heterocycles. The zero-order valence-electron chi connectivity index (χ0n) is 23.2. The van der Waals surface area contributed by atoms with Crippen LogP contribution in [0.25, 0.3) is 11.3 Å². The molecule has 1 aromatic carbocycles. The SMILES string of the molecule is COC1=C(C2CCNCC2)C=CC(Nc2nccc(-c3ccc(O[C@H]4CCNC[C@@H]4F)c(C#N)c3)n2)N1C1COC1. The third-order valence-electron chi connectivity index (χ3n) is 8.18. The van der Waals surface area contributed by atoms with E-state index in [1.807, 2.05) is 6.07 Å². The molecule has 3 atom stereocenters. The predicted molar refractivity (Wildman–Crippen MR) is 152 cm³/mol. The van der Waals surface area contributed by atoms with Gasteiger partial charge < -0.3 is 35.1 Å². The summed E-state index contributed by atoms with van der Waals surface area (Å²) < 4.78 is 31.8. The van der Waals surface area contributed by atoms with Crippen molar-refractivity contribution < 1.29 is 18.6 Å². The van der Waals surface area contributed by atoms with Gasteiger partial charge in [0.1, 0.15) is 30.3 Å². The van der Waals surface area contributed by atoms with E-state index in [1.54, 1.807) is 31.5 Å². The van der Waals surface area contributed by atoms with Crippen LogP contribution >= 0.6 is 0 Å². The third-order valence-corrected chi connectivity index (χ3v) is 8.18. The lowest BCUT2D eigenvalue weighted by Gasteiger charge is -2.46. The van der Waals surface area contributed by atoms with Crippen LogP contribution in [0.15, 0.2) is 54.1 Å². The maximum atomic E-state index is 14.3. The van der Waals surface area contributed by atoms with Crippen molar-refractivity contribution in [3.8, 4) is 23.1 Å². The molecule has 41 heavy (non-hydrogen) atoms. The zero-order valence-corrected chi connectivity index (χ0v) is 23.2. The molecule has 0 bridgehead atoms. The normalized spacial score (nSPS) is 25.4.